The van der Waals surface area contributed by atoms with Crippen molar-refractivity contribution in [3.05, 3.63) is 35.1 Å². The first-order valence-corrected chi connectivity index (χ1v) is 7.30. The van der Waals surface area contributed by atoms with Crippen LogP contribution in [-0.2, 0) is 11.2 Å². The summed E-state index contributed by atoms with van der Waals surface area (Å²) in [6.07, 6.45) is 3.40. The van der Waals surface area contributed by atoms with Gasteiger partial charge in [0.1, 0.15) is 5.82 Å². The van der Waals surface area contributed by atoms with Gasteiger partial charge in [-0.3, -0.25) is 4.79 Å². The van der Waals surface area contributed by atoms with Gasteiger partial charge in [0.2, 0.25) is 5.91 Å². The average Bonchev–Trinajstić information content (AvgIpc) is 2.71. The molecule has 0 aliphatic heterocycles. The fraction of sp³-hybridized carbons (Fsp3) is 0.562. The van der Waals surface area contributed by atoms with Crippen LogP contribution in [0.1, 0.15) is 36.4 Å². The van der Waals surface area contributed by atoms with Crippen molar-refractivity contribution in [1.29, 1.82) is 0 Å². The van der Waals surface area contributed by atoms with Gasteiger partial charge in [-0.15, -0.1) is 0 Å². The van der Waals surface area contributed by atoms with Crippen molar-refractivity contribution >= 4 is 5.91 Å². The molecule has 1 amide bonds. The fourth-order valence-corrected chi connectivity index (χ4v) is 3.27. The third kappa shape index (κ3) is 2.33. The van der Waals surface area contributed by atoms with E-state index in [9.17, 15) is 9.18 Å². The van der Waals surface area contributed by atoms with E-state index >= 15 is 0 Å². The predicted molar refractivity (Wildman–Crippen MR) is 75.8 cm³/mol. The number of rotatable bonds is 3. The zero-order valence-electron chi connectivity index (χ0n) is 12.0. The van der Waals surface area contributed by atoms with Crippen molar-refractivity contribution in [2.24, 2.45) is 5.92 Å². The van der Waals surface area contributed by atoms with Crippen molar-refractivity contribution < 1.29 is 9.18 Å². The second kappa shape index (κ2) is 5.17. The Bertz CT molecular complexity index is 523. The molecule has 0 bridgehead atoms. The Morgan fingerprint density at radius 1 is 1.35 bits per heavy atom. The van der Waals surface area contributed by atoms with Crippen LogP contribution in [0, 0.1) is 11.7 Å². The lowest BCUT2D eigenvalue weighted by molar-refractivity contribution is -0.130. The summed E-state index contributed by atoms with van der Waals surface area (Å²) in [5, 5.41) is 3.10. The lowest BCUT2D eigenvalue weighted by atomic mass is 9.79. The third-order valence-electron chi connectivity index (χ3n) is 4.74. The van der Waals surface area contributed by atoms with E-state index in [-0.39, 0.29) is 23.7 Å². The maximum atomic E-state index is 13.7. The first-order chi connectivity index (χ1) is 9.56. The molecular weight excluding hydrogens is 255 g/mol. The molecule has 3 rings (SSSR count). The number of amides is 1. The molecule has 0 saturated heterocycles. The minimum absolute atomic E-state index is 0.00777. The zero-order chi connectivity index (χ0) is 14.3. The van der Waals surface area contributed by atoms with Gasteiger partial charge in [0.15, 0.2) is 0 Å². The van der Waals surface area contributed by atoms with Crippen molar-refractivity contribution in [3.63, 3.8) is 0 Å². The summed E-state index contributed by atoms with van der Waals surface area (Å²) >= 11 is 0. The van der Waals surface area contributed by atoms with Gasteiger partial charge in [0, 0.05) is 12.0 Å². The van der Waals surface area contributed by atoms with Gasteiger partial charge < -0.3 is 10.2 Å². The monoisotopic (exact) mass is 276 g/mol. The highest BCUT2D eigenvalue weighted by atomic mass is 19.1. The minimum Gasteiger partial charge on any atom is -0.349 e. The van der Waals surface area contributed by atoms with Crippen molar-refractivity contribution in [2.45, 2.75) is 37.8 Å². The number of nitrogens with one attached hydrogen (secondary N) is 1. The maximum Gasteiger partial charge on any atom is 0.223 e. The Labute approximate surface area is 119 Å². The van der Waals surface area contributed by atoms with Crippen LogP contribution >= 0.6 is 0 Å². The van der Waals surface area contributed by atoms with Crippen LogP contribution < -0.4 is 5.32 Å². The molecule has 1 saturated carbocycles. The van der Waals surface area contributed by atoms with Gasteiger partial charge >= 0.3 is 0 Å². The Morgan fingerprint density at radius 2 is 2.10 bits per heavy atom. The van der Waals surface area contributed by atoms with Crippen molar-refractivity contribution in [3.8, 4) is 0 Å². The second-order valence-electron chi connectivity index (χ2n) is 6.19. The van der Waals surface area contributed by atoms with Gasteiger partial charge in [0.25, 0.3) is 0 Å². The maximum absolute atomic E-state index is 13.7. The SMILES string of the molecule is CN(C)C1CC(C(=O)N[C@H]2CCc3c(F)cccc32)C1. The Hall–Kier alpha value is -1.42. The van der Waals surface area contributed by atoms with E-state index in [1.165, 1.54) is 6.07 Å². The highest BCUT2D eigenvalue weighted by molar-refractivity contribution is 5.80. The van der Waals surface area contributed by atoms with E-state index in [2.05, 4.69) is 24.3 Å². The second-order valence-corrected chi connectivity index (χ2v) is 6.19. The summed E-state index contributed by atoms with van der Waals surface area (Å²) in [6.45, 7) is 0. The molecular formula is C16H21FN2O. The van der Waals surface area contributed by atoms with Crippen LogP contribution in [0.15, 0.2) is 18.2 Å². The molecule has 0 unspecified atom stereocenters. The molecule has 20 heavy (non-hydrogen) atoms. The van der Waals surface area contributed by atoms with Gasteiger partial charge in [0.05, 0.1) is 6.04 Å². The summed E-state index contributed by atoms with van der Waals surface area (Å²) in [5.74, 6) is 0.112. The molecule has 1 aromatic carbocycles. The normalized spacial score (nSPS) is 28.1. The number of carbonyl (C=O) groups is 1. The summed E-state index contributed by atoms with van der Waals surface area (Å²) in [6, 6.07) is 5.67. The van der Waals surface area contributed by atoms with E-state index in [1.807, 2.05) is 6.07 Å². The van der Waals surface area contributed by atoms with Crippen molar-refractivity contribution in [2.75, 3.05) is 14.1 Å². The highest BCUT2D eigenvalue weighted by Crippen LogP contribution is 2.35. The quantitative estimate of drug-likeness (QED) is 0.918. The number of benzene rings is 1. The summed E-state index contributed by atoms with van der Waals surface area (Å²) in [5.41, 5.74) is 1.74. The lowest BCUT2D eigenvalue weighted by Gasteiger charge is -2.39. The summed E-state index contributed by atoms with van der Waals surface area (Å²) in [4.78, 5) is 14.4. The predicted octanol–water partition coefficient (Wildman–Crippen LogP) is 2.27. The number of halogens is 1. The van der Waals surface area contributed by atoms with Crippen LogP contribution in [0.2, 0.25) is 0 Å². The molecule has 1 fully saturated rings. The van der Waals surface area contributed by atoms with Gasteiger partial charge in [-0.05, 0) is 57.0 Å². The third-order valence-corrected chi connectivity index (χ3v) is 4.74. The molecule has 0 heterocycles. The van der Waals surface area contributed by atoms with Gasteiger partial charge in [-0.2, -0.15) is 0 Å². The van der Waals surface area contributed by atoms with E-state index in [0.29, 0.717) is 6.04 Å². The molecule has 0 aromatic heterocycles. The molecule has 2 aliphatic carbocycles. The minimum atomic E-state index is -0.143. The Morgan fingerprint density at radius 3 is 2.80 bits per heavy atom. The molecule has 3 nitrogen and oxygen atoms in total. The molecule has 1 N–H and O–H groups in total. The van der Waals surface area contributed by atoms with Crippen LogP contribution in [0.4, 0.5) is 4.39 Å². The summed E-state index contributed by atoms with van der Waals surface area (Å²) < 4.78 is 13.7. The molecule has 2 aliphatic rings. The fourth-order valence-electron chi connectivity index (χ4n) is 3.27. The van der Waals surface area contributed by atoms with E-state index < -0.39 is 0 Å². The standard InChI is InChI=1S/C16H21FN2O/c1-19(2)11-8-10(9-11)16(20)18-15-7-6-12-13(15)4-3-5-14(12)17/h3-5,10-11,15H,6-9H2,1-2H3,(H,18,20)/t10?,11?,15-/m0/s1. The number of nitrogens with zero attached hydrogens (tertiary/aromatic N) is 1. The van der Waals surface area contributed by atoms with Crippen molar-refractivity contribution in [1.82, 2.24) is 10.2 Å². The van der Waals surface area contributed by atoms with Gasteiger partial charge in [-0.1, -0.05) is 12.1 Å². The zero-order valence-corrected chi connectivity index (χ0v) is 12.0. The van der Waals surface area contributed by atoms with Crippen LogP contribution in [-0.4, -0.2) is 30.9 Å². The first-order valence-electron chi connectivity index (χ1n) is 7.30. The Balaban J connectivity index is 1.61. The molecule has 0 spiro atoms. The molecule has 4 heteroatoms. The topological polar surface area (TPSA) is 32.3 Å². The number of hydrogen-bond acceptors (Lipinski definition) is 2. The van der Waals surface area contributed by atoms with Crippen LogP contribution in [0.25, 0.3) is 0 Å². The summed E-state index contributed by atoms with van der Waals surface area (Å²) in [7, 11) is 4.10. The first kappa shape index (κ1) is 13.6. The van der Waals surface area contributed by atoms with E-state index in [0.717, 1.165) is 36.8 Å². The van der Waals surface area contributed by atoms with E-state index in [1.54, 1.807) is 6.07 Å². The highest BCUT2D eigenvalue weighted by Gasteiger charge is 2.37. The number of carbonyl (C=O) groups excluding carboxylic acids is 1. The van der Waals surface area contributed by atoms with Crippen LogP contribution in [0.3, 0.4) is 0 Å². The molecule has 1 atom stereocenters. The number of hydrogen-bond donors (Lipinski definition) is 1. The van der Waals surface area contributed by atoms with Gasteiger partial charge in [-0.25, -0.2) is 4.39 Å². The molecule has 108 valence electrons. The average molecular weight is 276 g/mol. The Kier molecular flexibility index (Phi) is 3.50. The van der Waals surface area contributed by atoms with E-state index in [4.69, 9.17) is 0 Å². The number of fused-ring (bicyclic) bond motifs is 1. The lowest BCUT2D eigenvalue weighted by Crippen LogP contribution is -2.47. The smallest absolute Gasteiger partial charge is 0.223 e. The largest absolute Gasteiger partial charge is 0.349 e. The van der Waals surface area contributed by atoms with Crippen LogP contribution in [0.5, 0.6) is 0 Å². The molecule has 1 aromatic rings. The molecule has 0 radical (unpaired) electrons.